The van der Waals surface area contributed by atoms with Crippen LogP contribution >= 0.6 is 0 Å². The Kier molecular flexibility index (Phi) is 5.43. The first kappa shape index (κ1) is 20.2. The third-order valence-electron chi connectivity index (χ3n) is 3.41. The number of alkyl halides is 6. The van der Waals surface area contributed by atoms with Crippen LogP contribution in [0.2, 0.25) is 0 Å². The topological polar surface area (TPSA) is 72.2 Å². The summed E-state index contributed by atoms with van der Waals surface area (Å²) in [4.78, 5) is 22.1. The Morgan fingerprint density at radius 3 is 1.96 bits per heavy atom. The lowest BCUT2D eigenvalue weighted by Crippen LogP contribution is -2.17. The smallest absolute Gasteiger partial charge is 0.326 e. The van der Waals surface area contributed by atoms with Crippen LogP contribution in [0.25, 0.3) is 0 Å². The third kappa shape index (κ3) is 5.19. The van der Waals surface area contributed by atoms with Crippen LogP contribution in [0.1, 0.15) is 16.7 Å². The van der Waals surface area contributed by atoms with Gasteiger partial charge < -0.3 is 5.32 Å². The highest BCUT2D eigenvalue weighted by atomic mass is 19.4. The average molecular weight is 392 g/mol. The van der Waals surface area contributed by atoms with Crippen LogP contribution in [0.4, 0.5) is 37.7 Å². The number of carbonyl (C=O) groups is 1. The zero-order valence-corrected chi connectivity index (χ0v) is 13.2. The van der Waals surface area contributed by atoms with E-state index in [-0.39, 0.29) is 11.6 Å². The van der Waals surface area contributed by atoms with Crippen LogP contribution in [0.5, 0.6) is 0 Å². The third-order valence-corrected chi connectivity index (χ3v) is 3.41. The number of nitro benzene ring substituents is 1. The van der Waals surface area contributed by atoms with Crippen LogP contribution in [0, 0.1) is 10.1 Å². The molecule has 0 radical (unpaired) electrons. The van der Waals surface area contributed by atoms with E-state index in [1.807, 2.05) is 5.32 Å². The van der Waals surface area contributed by atoms with Gasteiger partial charge in [-0.25, -0.2) is 0 Å². The number of carbonyl (C=O) groups excluding carboxylic acids is 1. The lowest BCUT2D eigenvalue weighted by molar-refractivity contribution is -0.385. The van der Waals surface area contributed by atoms with Crippen LogP contribution in [0.15, 0.2) is 42.5 Å². The van der Waals surface area contributed by atoms with Gasteiger partial charge in [-0.05, 0) is 18.2 Å². The van der Waals surface area contributed by atoms with Gasteiger partial charge >= 0.3 is 12.4 Å². The van der Waals surface area contributed by atoms with E-state index in [4.69, 9.17) is 0 Å². The molecular formula is C16H10F6N2O3. The summed E-state index contributed by atoms with van der Waals surface area (Å²) in [6.07, 6.45) is -10.7. The highest BCUT2D eigenvalue weighted by molar-refractivity contribution is 5.93. The van der Waals surface area contributed by atoms with Gasteiger partial charge in [-0.1, -0.05) is 18.2 Å². The zero-order chi connectivity index (χ0) is 20.4. The van der Waals surface area contributed by atoms with Crippen molar-refractivity contribution in [2.24, 2.45) is 0 Å². The molecule has 11 heteroatoms. The van der Waals surface area contributed by atoms with Gasteiger partial charge in [-0.3, -0.25) is 14.9 Å². The summed E-state index contributed by atoms with van der Waals surface area (Å²) >= 11 is 0. The molecule has 0 heterocycles. The van der Waals surface area contributed by atoms with Crippen LogP contribution < -0.4 is 5.32 Å². The van der Waals surface area contributed by atoms with Crippen molar-refractivity contribution in [3.8, 4) is 0 Å². The van der Waals surface area contributed by atoms with E-state index in [1.54, 1.807) is 0 Å². The second-order valence-electron chi connectivity index (χ2n) is 5.41. The standard InChI is InChI=1S/C16H10F6N2O3/c17-15(18,19)10-6-11(16(20,21)22)8-12(7-10)23-14(25)5-9-3-1-2-4-13(9)24(26)27/h1-4,6-8H,5H2,(H,23,25). The Hall–Kier alpha value is -3.11. The molecule has 1 N–H and O–H groups in total. The summed E-state index contributed by atoms with van der Waals surface area (Å²) in [6, 6.07) is 5.76. The first-order chi connectivity index (χ1) is 12.4. The number of halogens is 6. The highest BCUT2D eigenvalue weighted by Crippen LogP contribution is 2.37. The maximum Gasteiger partial charge on any atom is 0.416 e. The lowest BCUT2D eigenvalue weighted by atomic mass is 10.1. The fourth-order valence-corrected chi connectivity index (χ4v) is 2.24. The molecule has 0 aliphatic rings. The quantitative estimate of drug-likeness (QED) is 0.461. The molecular weight excluding hydrogens is 382 g/mol. The number of nitrogens with zero attached hydrogens (tertiary/aromatic N) is 1. The van der Waals surface area contributed by atoms with Crippen molar-refractivity contribution in [3.63, 3.8) is 0 Å². The van der Waals surface area contributed by atoms with Gasteiger partial charge in [0.2, 0.25) is 5.91 Å². The second kappa shape index (κ2) is 7.25. The predicted molar refractivity (Wildman–Crippen MR) is 81.9 cm³/mol. The van der Waals surface area contributed by atoms with Gasteiger partial charge in [0.25, 0.3) is 5.69 Å². The van der Waals surface area contributed by atoms with Gasteiger partial charge in [0.1, 0.15) is 0 Å². The van der Waals surface area contributed by atoms with E-state index in [0.717, 1.165) is 6.07 Å². The first-order valence-corrected chi connectivity index (χ1v) is 7.19. The van der Waals surface area contributed by atoms with Crippen molar-refractivity contribution in [2.45, 2.75) is 18.8 Å². The minimum Gasteiger partial charge on any atom is -0.326 e. The van der Waals surface area contributed by atoms with Crippen LogP contribution in [0.3, 0.4) is 0 Å². The SMILES string of the molecule is O=C(Cc1ccccc1[N+](=O)[O-])Nc1cc(C(F)(F)F)cc(C(F)(F)F)c1. The molecule has 2 aromatic rings. The number of nitro groups is 1. The molecule has 0 fully saturated rings. The number of hydrogen-bond donors (Lipinski definition) is 1. The second-order valence-corrected chi connectivity index (χ2v) is 5.41. The van der Waals surface area contributed by atoms with Gasteiger partial charge in [-0.15, -0.1) is 0 Å². The molecule has 144 valence electrons. The fourth-order valence-electron chi connectivity index (χ4n) is 2.24. The molecule has 2 aromatic carbocycles. The largest absolute Gasteiger partial charge is 0.416 e. The lowest BCUT2D eigenvalue weighted by Gasteiger charge is -2.14. The van der Waals surface area contributed by atoms with E-state index < -0.39 is 52.1 Å². The minimum atomic E-state index is -5.06. The summed E-state index contributed by atoms with van der Waals surface area (Å²) in [7, 11) is 0. The normalized spacial score (nSPS) is 11.9. The highest BCUT2D eigenvalue weighted by Gasteiger charge is 2.37. The van der Waals surface area contributed by atoms with Crippen molar-refractivity contribution < 1.29 is 36.1 Å². The molecule has 0 saturated carbocycles. The van der Waals surface area contributed by atoms with Crippen LogP contribution in [-0.4, -0.2) is 10.8 Å². The van der Waals surface area contributed by atoms with E-state index in [0.29, 0.717) is 12.1 Å². The maximum absolute atomic E-state index is 12.8. The predicted octanol–water partition coefficient (Wildman–Crippen LogP) is 4.81. The molecule has 1 amide bonds. The van der Waals surface area contributed by atoms with E-state index in [2.05, 4.69) is 0 Å². The summed E-state index contributed by atoms with van der Waals surface area (Å²) in [5.41, 5.74) is -4.33. The first-order valence-electron chi connectivity index (χ1n) is 7.19. The Bertz CT molecular complexity index is 845. The molecule has 0 aliphatic carbocycles. The van der Waals surface area contributed by atoms with E-state index >= 15 is 0 Å². The summed E-state index contributed by atoms with van der Waals surface area (Å²) in [5, 5.41) is 12.8. The number of benzene rings is 2. The average Bonchev–Trinajstić information content (AvgIpc) is 2.53. The molecule has 0 spiro atoms. The zero-order valence-electron chi connectivity index (χ0n) is 13.2. The van der Waals surface area contributed by atoms with Crippen molar-refractivity contribution in [1.29, 1.82) is 0 Å². The molecule has 0 bridgehead atoms. The number of para-hydroxylation sites is 1. The molecule has 2 rings (SSSR count). The Balaban J connectivity index is 2.31. The monoisotopic (exact) mass is 392 g/mol. The van der Waals surface area contributed by atoms with E-state index in [1.165, 1.54) is 18.2 Å². The molecule has 0 aliphatic heterocycles. The van der Waals surface area contributed by atoms with Gasteiger partial charge in [0, 0.05) is 17.3 Å². The number of hydrogen-bond acceptors (Lipinski definition) is 3. The van der Waals surface area contributed by atoms with Crippen LogP contribution in [-0.2, 0) is 23.6 Å². The Labute approximate surface area is 147 Å². The Morgan fingerprint density at radius 1 is 0.963 bits per heavy atom. The molecule has 5 nitrogen and oxygen atoms in total. The number of anilines is 1. The van der Waals surface area contributed by atoms with Crippen molar-refractivity contribution >= 4 is 17.3 Å². The molecule has 0 saturated heterocycles. The Morgan fingerprint density at radius 2 is 1.48 bits per heavy atom. The maximum atomic E-state index is 12.8. The number of amides is 1. The summed E-state index contributed by atoms with van der Waals surface area (Å²) < 4.78 is 76.8. The molecule has 0 aromatic heterocycles. The molecule has 0 atom stereocenters. The summed E-state index contributed by atoms with van der Waals surface area (Å²) in [5.74, 6) is -1.00. The van der Waals surface area contributed by atoms with Crippen molar-refractivity contribution in [2.75, 3.05) is 5.32 Å². The summed E-state index contributed by atoms with van der Waals surface area (Å²) in [6.45, 7) is 0. The molecule has 27 heavy (non-hydrogen) atoms. The van der Waals surface area contributed by atoms with E-state index in [9.17, 15) is 41.3 Å². The molecule has 0 unspecified atom stereocenters. The van der Waals surface area contributed by atoms with Crippen molar-refractivity contribution in [1.82, 2.24) is 0 Å². The number of rotatable bonds is 4. The fraction of sp³-hybridized carbons (Fsp3) is 0.188. The van der Waals surface area contributed by atoms with Gasteiger partial charge in [0.15, 0.2) is 0 Å². The minimum absolute atomic E-state index is 0.0389. The van der Waals surface area contributed by atoms with Gasteiger partial charge in [0.05, 0.1) is 22.5 Å². The van der Waals surface area contributed by atoms with Gasteiger partial charge in [-0.2, -0.15) is 26.3 Å². The van der Waals surface area contributed by atoms with Crippen molar-refractivity contribution in [3.05, 3.63) is 69.3 Å². The number of nitrogens with one attached hydrogen (secondary N) is 1.